The molecule has 0 spiro atoms. The first-order valence-electron chi connectivity index (χ1n) is 10.6. The van der Waals surface area contributed by atoms with E-state index in [0.29, 0.717) is 33.6 Å². The minimum absolute atomic E-state index is 0.142. The Morgan fingerprint density at radius 1 is 1.06 bits per heavy atom. The molecule has 1 N–H and O–H groups in total. The summed E-state index contributed by atoms with van der Waals surface area (Å²) >= 11 is 6.20. The van der Waals surface area contributed by atoms with Crippen LogP contribution in [0.25, 0.3) is 28.6 Å². The van der Waals surface area contributed by atoms with Crippen LogP contribution in [-0.4, -0.2) is 26.5 Å². The fraction of sp³-hybridized carbons (Fsp3) is 0.154. The van der Waals surface area contributed by atoms with Gasteiger partial charge in [0.25, 0.3) is 0 Å². The normalized spacial score (nSPS) is 11.8. The summed E-state index contributed by atoms with van der Waals surface area (Å²) < 4.78 is 11.0. The molecule has 0 saturated heterocycles. The van der Waals surface area contributed by atoms with Gasteiger partial charge in [0.2, 0.25) is 0 Å². The summed E-state index contributed by atoms with van der Waals surface area (Å²) in [7, 11) is 0. The molecule has 0 atom stereocenters. The summed E-state index contributed by atoms with van der Waals surface area (Å²) in [4.78, 5) is 26.6. The predicted octanol–water partition coefficient (Wildman–Crippen LogP) is 6.25. The molecular weight excluding hydrogens is 452 g/mol. The number of furan rings is 1. The summed E-state index contributed by atoms with van der Waals surface area (Å²) in [6.45, 7) is 5.40. The molecule has 0 fully saturated rings. The first-order chi connectivity index (χ1) is 16.3. The fourth-order valence-electron chi connectivity index (χ4n) is 3.09. The van der Waals surface area contributed by atoms with E-state index in [1.54, 1.807) is 57.4 Å². The first-order valence-corrected chi connectivity index (χ1v) is 11.0. The Morgan fingerprint density at radius 3 is 2.53 bits per heavy atom. The largest absolute Gasteiger partial charge is 0.465 e. The number of hydrogen-bond donors (Lipinski definition) is 1. The second kappa shape index (κ2) is 9.89. The number of nitrogens with one attached hydrogen (secondary N) is 1. The van der Waals surface area contributed by atoms with Crippen molar-refractivity contribution in [3.63, 3.8) is 0 Å². The van der Waals surface area contributed by atoms with E-state index in [1.165, 1.54) is 12.5 Å². The molecule has 172 valence electrons. The molecule has 1 aromatic carbocycles. The van der Waals surface area contributed by atoms with Gasteiger partial charge in [-0.1, -0.05) is 41.9 Å². The number of pyridine rings is 1. The summed E-state index contributed by atoms with van der Waals surface area (Å²) in [5, 5.41) is 3.54. The number of ether oxygens (including phenoxy) is 1. The minimum atomic E-state index is -0.691. The van der Waals surface area contributed by atoms with E-state index in [1.807, 2.05) is 30.3 Å². The van der Waals surface area contributed by atoms with Crippen molar-refractivity contribution in [1.82, 2.24) is 15.0 Å². The van der Waals surface area contributed by atoms with Gasteiger partial charge in [-0.15, -0.1) is 0 Å². The van der Waals surface area contributed by atoms with Crippen molar-refractivity contribution in [3.05, 3.63) is 89.9 Å². The van der Waals surface area contributed by atoms with Crippen molar-refractivity contribution in [2.45, 2.75) is 26.4 Å². The second-order valence-corrected chi connectivity index (χ2v) is 8.85. The molecule has 4 rings (SSSR count). The Kier molecular flexibility index (Phi) is 6.75. The van der Waals surface area contributed by atoms with Gasteiger partial charge in [-0.05, 0) is 39.0 Å². The molecule has 4 aromatic rings. The zero-order valence-corrected chi connectivity index (χ0v) is 19.7. The molecular formula is C26H23ClN4O3. The van der Waals surface area contributed by atoms with E-state index in [-0.39, 0.29) is 5.70 Å². The van der Waals surface area contributed by atoms with Gasteiger partial charge >= 0.3 is 5.97 Å². The molecule has 34 heavy (non-hydrogen) atoms. The van der Waals surface area contributed by atoms with E-state index in [4.69, 9.17) is 25.7 Å². The Hall–Kier alpha value is -3.97. The van der Waals surface area contributed by atoms with Crippen LogP contribution in [0.2, 0.25) is 5.02 Å². The van der Waals surface area contributed by atoms with E-state index >= 15 is 0 Å². The molecule has 7 nitrogen and oxygen atoms in total. The Balaban J connectivity index is 1.80. The van der Waals surface area contributed by atoms with E-state index in [2.05, 4.69) is 15.3 Å². The molecule has 3 aromatic heterocycles. The topological polar surface area (TPSA) is 90.1 Å². The maximum atomic E-state index is 13.0. The molecule has 3 heterocycles. The average molecular weight is 475 g/mol. The molecule has 0 bridgehead atoms. The van der Waals surface area contributed by atoms with Crippen LogP contribution in [0, 0.1) is 0 Å². The molecule has 0 amide bonds. The zero-order valence-electron chi connectivity index (χ0n) is 18.9. The molecule has 0 unspecified atom stereocenters. The number of aromatic nitrogens is 3. The lowest BCUT2D eigenvalue weighted by Crippen LogP contribution is -2.27. The number of rotatable bonds is 6. The number of nitrogens with zero attached hydrogens (tertiary/aromatic N) is 3. The van der Waals surface area contributed by atoms with Gasteiger partial charge in [0.1, 0.15) is 22.8 Å². The SMILES string of the molecule is CC(C)(C)OC(=O)/C(=C/c1ccco1)Nc1ncc(-c2ccccc2)nc1-c1cncc(Cl)c1. The maximum Gasteiger partial charge on any atom is 0.355 e. The quantitative estimate of drug-likeness (QED) is 0.261. The van der Waals surface area contributed by atoms with E-state index < -0.39 is 11.6 Å². The van der Waals surface area contributed by atoms with Gasteiger partial charge in [-0.3, -0.25) is 4.98 Å². The third-order valence-electron chi connectivity index (χ3n) is 4.52. The van der Waals surface area contributed by atoms with Crippen LogP contribution in [0.15, 0.2) is 83.5 Å². The van der Waals surface area contributed by atoms with Gasteiger partial charge in [-0.2, -0.15) is 0 Å². The van der Waals surface area contributed by atoms with E-state index in [0.717, 1.165) is 5.56 Å². The minimum Gasteiger partial charge on any atom is -0.465 e. The number of esters is 1. The summed E-state index contributed by atoms with van der Waals surface area (Å²) in [5.74, 6) is 0.258. The van der Waals surface area contributed by atoms with Crippen LogP contribution in [0.3, 0.4) is 0 Å². The lowest BCUT2D eigenvalue weighted by Gasteiger charge is -2.21. The summed E-state index contributed by atoms with van der Waals surface area (Å²) in [5.41, 5.74) is 2.13. The van der Waals surface area contributed by atoms with Crippen molar-refractivity contribution in [2.24, 2.45) is 0 Å². The van der Waals surface area contributed by atoms with Crippen LogP contribution in [0.1, 0.15) is 26.5 Å². The van der Waals surface area contributed by atoms with Crippen LogP contribution >= 0.6 is 11.6 Å². The lowest BCUT2D eigenvalue weighted by atomic mass is 10.1. The Bertz CT molecular complexity index is 1310. The molecule has 0 radical (unpaired) electrons. The van der Waals surface area contributed by atoms with Gasteiger partial charge < -0.3 is 14.5 Å². The van der Waals surface area contributed by atoms with Crippen LogP contribution in [-0.2, 0) is 9.53 Å². The number of carbonyl (C=O) groups is 1. The van der Waals surface area contributed by atoms with Gasteiger partial charge in [0, 0.05) is 29.6 Å². The smallest absolute Gasteiger partial charge is 0.355 e. The van der Waals surface area contributed by atoms with Gasteiger partial charge in [0.15, 0.2) is 5.82 Å². The van der Waals surface area contributed by atoms with Gasteiger partial charge in [-0.25, -0.2) is 14.8 Å². The van der Waals surface area contributed by atoms with Crippen molar-refractivity contribution in [2.75, 3.05) is 5.32 Å². The first kappa shape index (κ1) is 23.2. The summed E-state index contributed by atoms with van der Waals surface area (Å²) in [6, 6.07) is 14.9. The Labute approximate surface area is 202 Å². The monoisotopic (exact) mass is 474 g/mol. The highest BCUT2D eigenvalue weighted by molar-refractivity contribution is 6.30. The van der Waals surface area contributed by atoms with E-state index in [9.17, 15) is 4.79 Å². The molecule has 0 aliphatic heterocycles. The zero-order chi connectivity index (χ0) is 24.1. The number of anilines is 1. The Morgan fingerprint density at radius 2 is 1.85 bits per heavy atom. The fourth-order valence-corrected chi connectivity index (χ4v) is 3.27. The van der Waals surface area contributed by atoms with Crippen LogP contribution in [0.5, 0.6) is 0 Å². The van der Waals surface area contributed by atoms with Gasteiger partial charge in [0.05, 0.1) is 23.2 Å². The molecule has 0 saturated carbocycles. The number of hydrogen-bond acceptors (Lipinski definition) is 7. The van der Waals surface area contributed by atoms with Crippen molar-refractivity contribution < 1.29 is 13.9 Å². The van der Waals surface area contributed by atoms with Crippen molar-refractivity contribution in [3.8, 4) is 22.5 Å². The third-order valence-corrected chi connectivity index (χ3v) is 4.73. The lowest BCUT2D eigenvalue weighted by molar-refractivity contribution is -0.149. The number of benzene rings is 1. The highest BCUT2D eigenvalue weighted by Crippen LogP contribution is 2.30. The summed E-state index contributed by atoms with van der Waals surface area (Å²) in [6.07, 6.45) is 7.89. The van der Waals surface area contributed by atoms with Crippen LogP contribution < -0.4 is 5.32 Å². The number of halogens is 1. The molecule has 0 aliphatic carbocycles. The molecule has 8 heteroatoms. The molecule has 0 aliphatic rings. The predicted molar refractivity (Wildman–Crippen MR) is 132 cm³/mol. The second-order valence-electron chi connectivity index (χ2n) is 8.41. The van der Waals surface area contributed by atoms with Crippen molar-refractivity contribution >= 4 is 29.5 Å². The number of carbonyl (C=O) groups excluding carboxylic acids is 1. The highest BCUT2D eigenvalue weighted by atomic mass is 35.5. The maximum absolute atomic E-state index is 13.0. The van der Waals surface area contributed by atoms with Crippen LogP contribution in [0.4, 0.5) is 5.82 Å². The van der Waals surface area contributed by atoms with Crippen molar-refractivity contribution in [1.29, 1.82) is 0 Å². The average Bonchev–Trinajstić information content (AvgIpc) is 3.31. The highest BCUT2D eigenvalue weighted by Gasteiger charge is 2.23. The standard InChI is InChI=1S/C26H23ClN4O3/c1-26(2,3)34-25(32)21(13-20-10-7-11-33-20)31-24-23(18-12-19(27)15-28-14-18)30-22(16-29-24)17-8-5-4-6-9-17/h4-16H,1-3H3,(H,29,31)/b21-13-. The third kappa shape index (κ3) is 5.88.